The molecule has 2 N–H and O–H groups in total. The first-order valence-corrected chi connectivity index (χ1v) is 10.6. The number of nitrogens with one attached hydrogen (secondary N) is 1. The number of nitrogens with zero attached hydrogens (tertiary/aromatic N) is 2. The van der Waals surface area contributed by atoms with Crippen LogP contribution in [0.25, 0.3) is 16.6 Å². The van der Waals surface area contributed by atoms with E-state index in [1.165, 1.54) is 11.4 Å². The van der Waals surface area contributed by atoms with Crippen LogP contribution in [0.1, 0.15) is 18.4 Å². The van der Waals surface area contributed by atoms with E-state index in [-0.39, 0.29) is 18.3 Å². The van der Waals surface area contributed by atoms with Crippen molar-refractivity contribution in [3.8, 4) is 5.75 Å². The third-order valence-corrected chi connectivity index (χ3v) is 7.08. The van der Waals surface area contributed by atoms with Gasteiger partial charge in [0.05, 0.1) is 18.6 Å². The Hall–Kier alpha value is -1.88. The Morgan fingerprint density at radius 1 is 1.44 bits per heavy atom. The lowest BCUT2D eigenvalue weighted by molar-refractivity contribution is 0.214. The maximum atomic E-state index is 12.4. The summed E-state index contributed by atoms with van der Waals surface area (Å²) in [5.74, 6) is 2.44. The summed E-state index contributed by atoms with van der Waals surface area (Å²) >= 11 is 0. The van der Waals surface area contributed by atoms with Gasteiger partial charge in [0.25, 0.3) is 0 Å². The molecule has 0 unspecified atom stereocenters. The summed E-state index contributed by atoms with van der Waals surface area (Å²) in [4.78, 5) is 7.42. The van der Waals surface area contributed by atoms with E-state index in [2.05, 4.69) is 9.97 Å². The second-order valence-electron chi connectivity index (χ2n) is 6.85. The zero-order chi connectivity index (χ0) is 19.0. The molecule has 10 heteroatoms. The topological polar surface area (TPSA) is 105 Å². The summed E-state index contributed by atoms with van der Waals surface area (Å²) in [6.45, 7) is 1.12. The maximum Gasteiger partial charge on any atom is 0.552 e. The minimum atomic E-state index is -3.30. The minimum absolute atomic E-state index is 0.00188. The lowest BCUT2D eigenvalue weighted by atomic mass is 9.74. The number of piperidine rings is 1. The average Bonchev–Trinajstić information content (AvgIpc) is 3.14. The van der Waals surface area contributed by atoms with Crippen LogP contribution in [-0.2, 0) is 14.8 Å². The van der Waals surface area contributed by atoms with Crippen molar-refractivity contribution in [2.45, 2.75) is 12.8 Å². The van der Waals surface area contributed by atoms with E-state index >= 15 is 0 Å². The fourth-order valence-electron chi connectivity index (χ4n) is 3.88. The van der Waals surface area contributed by atoms with Gasteiger partial charge in [0.15, 0.2) is 0 Å². The van der Waals surface area contributed by atoms with E-state index in [4.69, 9.17) is 9.39 Å². The quantitative estimate of drug-likeness (QED) is 0.739. The second-order valence-corrected chi connectivity index (χ2v) is 8.94. The number of H-pyrrole nitrogens is 1. The Morgan fingerprint density at radius 2 is 2.22 bits per heavy atom. The molecule has 0 spiro atoms. The normalized spacial score (nSPS) is 19.0. The van der Waals surface area contributed by atoms with Gasteiger partial charge in [-0.05, 0) is 36.4 Å². The highest BCUT2D eigenvalue weighted by Gasteiger charge is 2.34. The van der Waals surface area contributed by atoms with Crippen LogP contribution in [0.2, 0.25) is 0 Å². The fraction of sp³-hybridized carbons (Fsp3) is 0.471. The van der Waals surface area contributed by atoms with E-state index in [0.717, 1.165) is 22.2 Å². The molecule has 144 valence electrons. The molecule has 2 aromatic rings. The maximum absolute atomic E-state index is 12.4. The lowest BCUT2D eigenvalue weighted by Crippen LogP contribution is -2.41. The Labute approximate surface area is 158 Å². The third-order valence-electron chi connectivity index (χ3n) is 5.24. The van der Waals surface area contributed by atoms with Crippen molar-refractivity contribution >= 4 is 33.7 Å². The first kappa shape index (κ1) is 18.5. The van der Waals surface area contributed by atoms with Gasteiger partial charge in [-0.1, -0.05) is 0 Å². The molecule has 0 aliphatic carbocycles. The Kier molecular flexibility index (Phi) is 4.98. The number of sulfonamides is 1. The molecular weight excluding hydrogens is 369 g/mol. The van der Waals surface area contributed by atoms with Gasteiger partial charge in [-0.15, -0.1) is 0 Å². The van der Waals surface area contributed by atoms with Crippen molar-refractivity contribution in [2.75, 3.05) is 32.6 Å². The number of aromatic nitrogens is 2. The van der Waals surface area contributed by atoms with Gasteiger partial charge in [0.1, 0.15) is 11.4 Å². The molecule has 4 heterocycles. The summed E-state index contributed by atoms with van der Waals surface area (Å²) in [6, 6.07) is 1.94. The fourth-order valence-corrected chi connectivity index (χ4v) is 5.28. The Balaban J connectivity index is 1.58. The lowest BCUT2D eigenvalue weighted by Gasteiger charge is -2.34. The number of hydrogen-bond acceptors (Lipinski definition) is 6. The SMILES string of the molecule is COCCS(=O)(=O)N1CCC(C2=CB(O)Oc3cnc4[nH]ccc4c32)CC1. The van der Waals surface area contributed by atoms with Gasteiger partial charge in [-0.2, -0.15) is 0 Å². The molecule has 0 radical (unpaired) electrons. The molecule has 2 aliphatic heterocycles. The molecule has 2 aliphatic rings. The van der Waals surface area contributed by atoms with E-state index < -0.39 is 17.1 Å². The van der Waals surface area contributed by atoms with Crippen molar-refractivity contribution in [2.24, 2.45) is 5.92 Å². The Morgan fingerprint density at radius 3 is 2.96 bits per heavy atom. The number of allylic oxidation sites excluding steroid dienone is 1. The van der Waals surface area contributed by atoms with Crippen molar-refractivity contribution < 1.29 is 22.8 Å². The van der Waals surface area contributed by atoms with Gasteiger partial charge in [-0.3, -0.25) is 0 Å². The van der Waals surface area contributed by atoms with E-state index in [1.807, 2.05) is 12.3 Å². The molecular formula is C17H22BN3O5S. The molecule has 4 rings (SSSR count). The zero-order valence-corrected chi connectivity index (χ0v) is 15.9. The molecule has 0 saturated carbocycles. The summed E-state index contributed by atoms with van der Waals surface area (Å²) < 4.78 is 36.7. The van der Waals surface area contributed by atoms with Gasteiger partial charge in [0, 0.05) is 37.3 Å². The standard InChI is InChI=1S/C17H22BN3O5S/c1-25-8-9-27(23,24)21-6-3-12(4-7-21)14-10-18(22)26-15-11-20-17-13(16(14)15)2-5-19-17/h2,5,10-12,22H,3-4,6-9H2,1H3,(H,19,20). The number of methoxy groups -OCH3 is 1. The minimum Gasteiger partial charge on any atom is -0.531 e. The number of fused-ring (bicyclic) bond motifs is 3. The number of ether oxygens (including phenoxy) is 1. The highest BCUT2D eigenvalue weighted by Crippen LogP contribution is 2.42. The van der Waals surface area contributed by atoms with E-state index in [0.29, 0.717) is 31.7 Å². The van der Waals surface area contributed by atoms with Crippen molar-refractivity contribution in [3.63, 3.8) is 0 Å². The molecule has 0 bridgehead atoms. The van der Waals surface area contributed by atoms with Crippen LogP contribution in [0.4, 0.5) is 0 Å². The van der Waals surface area contributed by atoms with Crippen LogP contribution < -0.4 is 4.65 Å². The second kappa shape index (κ2) is 7.27. The number of aromatic amines is 1. The zero-order valence-electron chi connectivity index (χ0n) is 15.1. The molecule has 0 atom stereocenters. The summed E-state index contributed by atoms with van der Waals surface area (Å²) in [5, 5.41) is 11.0. The molecule has 2 aromatic heterocycles. The highest BCUT2D eigenvalue weighted by atomic mass is 32.2. The van der Waals surface area contributed by atoms with Gasteiger partial charge >= 0.3 is 7.12 Å². The average molecular weight is 391 g/mol. The molecule has 1 saturated heterocycles. The first-order valence-electron chi connectivity index (χ1n) is 8.99. The van der Waals surface area contributed by atoms with Gasteiger partial charge in [-0.25, -0.2) is 17.7 Å². The smallest absolute Gasteiger partial charge is 0.531 e. The monoisotopic (exact) mass is 391 g/mol. The molecule has 1 fully saturated rings. The third kappa shape index (κ3) is 3.50. The van der Waals surface area contributed by atoms with E-state index in [9.17, 15) is 13.4 Å². The van der Waals surface area contributed by atoms with Gasteiger partial charge in [0.2, 0.25) is 10.0 Å². The van der Waals surface area contributed by atoms with Gasteiger partial charge < -0.3 is 19.4 Å². The summed E-state index contributed by atoms with van der Waals surface area (Å²) in [5.41, 5.74) is 2.70. The molecule has 0 aromatic carbocycles. The number of hydrogen-bond donors (Lipinski definition) is 2. The summed E-state index contributed by atoms with van der Waals surface area (Å²) in [7, 11) is -2.82. The molecule has 8 nitrogen and oxygen atoms in total. The van der Waals surface area contributed by atoms with Crippen molar-refractivity contribution in [1.82, 2.24) is 14.3 Å². The predicted octanol–water partition coefficient (Wildman–Crippen LogP) is 1.05. The predicted molar refractivity (Wildman–Crippen MR) is 103 cm³/mol. The van der Waals surface area contributed by atoms with Crippen LogP contribution in [0, 0.1) is 5.92 Å². The van der Waals surface area contributed by atoms with Crippen molar-refractivity contribution in [1.29, 1.82) is 0 Å². The van der Waals surface area contributed by atoms with Crippen molar-refractivity contribution in [3.05, 3.63) is 30.0 Å². The van der Waals surface area contributed by atoms with Crippen LogP contribution in [0.5, 0.6) is 5.75 Å². The molecule has 27 heavy (non-hydrogen) atoms. The molecule has 0 amide bonds. The largest absolute Gasteiger partial charge is 0.552 e. The van der Waals surface area contributed by atoms with Crippen LogP contribution >= 0.6 is 0 Å². The highest BCUT2D eigenvalue weighted by molar-refractivity contribution is 7.89. The van der Waals surface area contributed by atoms with E-state index in [1.54, 1.807) is 12.2 Å². The first-order chi connectivity index (χ1) is 13.0. The number of rotatable bonds is 5. The summed E-state index contributed by atoms with van der Waals surface area (Å²) in [6.07, 6.45) is 4.83. The van der Waals surface area contributed by atoms with Crippen LogP contribution in [0.3, 0.4) is 0 Å². The number of pyridine rings is 1. The Bertz CT molecular complexity index is 966. The van der Waals surface area contributed by atoms with Crippen LogP contribution in [-0.4, -0.2) is 67.4 Å². The van der Waals surface area contributed by atoms with Crippen LogP contribution in [0.15, 0.2) is 24.4 Å².